The summed E-state index contributed by atoms with van der Waals surface area (Å²) in [5.74, 6) is 0.625. The molecular formula is C12H20N2O4S. The quantitative estimate of drug-likeness (QED) is 0.831. The van der Waals surface area contributed by atoms with E-state index in [1.165, 1.54) is 14.9 Å². The third kappa shape index (κ3) is 3.36. The second kappa shape index (κ2) is 5.62. The van der Waals surface area contributed by atoms with Crippen LogP contribution in [0, 0.1) is 0 Å². The number of furan rings is 1. The maximum atomic E-state index is 12.5. The van der Waals surface area contributed by atoms with Crippen LogP contribution in [0.1, 0.15) is 19.6 Å². The van der Waals surface area contributed by atoms with E-state index in [4.69, 9.17) is 9.15 Å². The van der Waals surface area contributed by atoms with Gasteiger partial charge < -0.3 is 9.15 Å². The minimum Gasteiger partial charge on any atom is -0.468 e. The highest BCUT2D eigenvalue weighted by Gasteiger charge is 2.33. The molecule has 2 heterocycles. The molecule has 19 heavy (non-hydrogen) atoms. The second-order valence-electron chi connectivity index (χ2n) is 4.92. The zero-order valence-electron chi connectivity index (χ0n) is 11.4. The molecule has 0 spiro atoms. The van der Waals surface area contributed by atoms with Gasteiger partial charge in [-0.05, 0) is 26.0 Å². The summed E-state index contributed by atoms with van der Waals surface area (Å²) >= 11 is 0. The van der Waals surface area contributed by atoms with Gasteiger partial charge in [0, 0.05) is 20.1 Å². The van der Waals surface area contributed by atoms with Crippen molar-refractivity contribution in [3.63, 3.8) is 0 Å². The lowest BCUT2D eigenvalue weighted by molar-refractivity contribution is -0.0453. The predicted molar refractivity (Wildman–Crippen MR) is 70.7 cm³/mol. The average molecular weight is 288 g/mol. The summed E-state index contributed by atoms with van der Waals surface area (Å²) in [6.45, 7) is 4.76. The van der Waals surface area contributed by atoms with E-state index >= 15 is 0 Å². The number of hydrogen-bond acceptors (Lipinski definition) is 4. The van der Waals surface area contributed by atoms with Gasteiger partial charge in [-0.25, -0.2) is 0 Å². The average Bonchev–Trinajstić information content (AvgIpc) is 2.80. The molecule has 1 fully saturated rings. The number of nitrogens with zero attached hydrogens (tertiary/aromatic N) is 2. The second-order valence-corrected chi connectivity index (χ2v) is 6.95. The summed E-state index contributed by atoms with van der Waals surface area (Å²) in [5.41, 5.74) is 0. The highest BCUT2D eigenvalue weighted by molar-refractivity contribution is 7.86. The van der Waals surface area contributed by atoms with Crippen LogP contribution in [0.2, 0.25) is 0 Å². The summed E-state index contributed by atoms with van der Waals surface area (Å²) in [7, 11) is -1.92. The van der Waals surface area contributed by atoms with Crippen LogP contribution < -0.4 is 0 Å². The first-order chi connectivity index (χ1) is 8.89. The molecule has 1 aliphatic heterocycles. The van der Waals surface area contributed by atoms with E-state index in [1.807, 2.05) is 13.8 Å². The molecule has 2 unspecified atom stereocenters. The Morgan fingerprint density at radius 1 is 1.37 bits per heavy atom. The molecule has 6 nitrogen and oxygen atoms in total. The molecule has 0 bridgehead atoms. The summed E-state index contributed by atoms with van der Waals surface area (Å²) < 4.78 is 38.4. The number of hydrogen-bond donors (Lipinski definition) is 0. The van der Waals surface area contributed by atoms with E-state index in [9.17, 15) is 8.42 Å². The van der Waals surface area contributed by atoms with E-state index in [0.717, 1.165) is 0 Å². The summed E-state index contributed by atoms with van der Waals surface area (Å²) in [6, 6.07) is 3.51. The smallest absolute Gasteiger partial charge is 0.282 e. The Bertz CT molecular complexity index is 490. The fourth-order valence-electron chi connectivity index (χ4n) is 2.22. The van der Waals surface area contributed by atoms with Crippen LogP contribution in [-0.4, -0.2) is 49.4 Å². The minimum absolute atomic E-state index is 0.0875. The minimum atomic E-state index is -3.48. The molecule has 0 aromatic carbocycles. The van der Waals surface area contributed by atoms with E-state index in [2.05, 4.69) is 0 Å². The van der Waals surface area contributed by atoms with Gasteiger partial charge in [0.25, 0.3) is 10.2 Å². The van der Waals surface area contributed by atoms with Crippen LogP contribution in [0.5, 0.6) is 0 Å². The summed E-state index contributed by atoms with van der Waals surface area (Å²) in [4.78, 5) is 0. The van der Waals surface area contributed by atoms with Crippen LogP contribution in [-0.2, 0) is 21.5 Å². The lowest BCUT2D eigenvalue weighted by Crippen LogP contribution is -2.52. The van der Waals surface area contributed by atoms with Crippen molar-refractivity contribution in [3.05, 3.63) is 24.2 Å². The number of ether oxygens (including phenoxy) is 1. The van der Waals surface area contributed by atoms with Gasteiger partial charge in [0.15, 0.2) is 0 Å². The van der Waals surface area contributed by atoms with Gasteiger partial charge in [-0.1, -0.05) is 0 Å². The Kier molecular flexibility index (Phi) is 4.29. The zero-order valence-corrected chi connectivity index (χ0v) is 12.3. The van der Waals surface area contributed by atoms with Crippen molar-refractivity contribution in [1.29, 1.82) is 0 Å². The maximum Gasteiger partial charge on any atom is 0.282 e. The molecule has 0 radical (unpaired) electrons. The first-order valence-corrected chi connectivity index (χ1v) is 7.68. The molecule has 0 amide bonds. The van der Waals surface area contributed by atoms with Crippen molar-refractivity contribution >= 4 is 10.2 Å². The molecule has 0 saturated carbocycles. The van der Waals surface area contributed by atoms with E-state index < -0.39 is 10.2 Å². The van der Waals surface area contributed by atoms with Crippen LogP contribution in [0.25, 0.3) is 0 Å². The number of rotatable bonds is 4. The van der Waals surface area contributed by atoms with E-state index in [1.54, 1.807) is 19.2 Å². The topological polar surface area (TPSA) is 63.0 Å². The molecule has 7 heteroatoms. The molecule has 0 N–H and O–H groups in total. The highest BCUT2D eigenvalue weighted by atomic mass is 32.2. The molecule has 1 saturated heterocycles. The van der Waals surface area contributed by atoms with Crippen LogP contribution in [0.15, 0.2) is 22.8 Å². The van der Waals surface area contributed by atoms with Gasteiger partial charge in [-0.2, -0.15) is 17.0 Å². The van der Waals surface area contributed by atoms with Crippen molar-refractivity contribution in [2.24, 2.45) is 0 Å². The normalized spacial score (nSPS) is 25.9. The monoisotopic (exact) mass is 288 g/mol. The Labute approximate surface area is 114 Å². The third-order valence-corrected chi connectivity index (χ3v) is 4.93. The zero-order chi connectivity index (χ0) is 14.0. The van der Waals surface area contributed by atoms with Gasteiger partial charge in [-0.3, -0.25) is 0 Å². The van der Waals surface area contributed by atoms with Crippen LogP contribution in [0.3, 0.4) is 0 Å². The molecule has 0 aliphatic carbocycles. The molecule has 1 aromatic rings. The van der Waals surface area contributed by atoms with Crippen molar-refractivity contribution in [2.75, 3.05) is 20.1 Å². The number of morpholine rings is 1. The Morgan fingerprint density at radius 2 is 2.00 bits per heavy atom. The maximum absolute atomic E-state index is 12.5. The molecule has 1 aliphatic rings. The fraction of sp³-hybridized carbons (Fsp3) is 0.667. The van der Waals surface area contributed by atoms with Crippen molar-refractivity contribution < 1.29 is 17.6 Å². The standard InChI is InChI=1S/C12H20N2O4S/c1-10-7-14(8-11(2)18-10)19(15,16)13(3)9-12-5-4-6-17-12/h4-6,10-11H,7-9H2,1-3H3. The summed E-state index contributed by atoms with van der Waals surface area (Å²) in [6.07, 6.45) is 1.36. The molecular weight excluding hydrogens is 268 g/mol. The highest BCUT2D eigenvalue weighted by Crippen LogP contribution is 2.18. The van der Waals surface area contributed by atoms with Gasteiger partial charge in [0.1, 0.15) is 5.76 Å². The largest absolute Gasteiger partial charge is 0.468 e. The first kappa shape index (κ1) is 14.5. The van der Waals surface area contributed by atoms with E-state index in [-0.39, 0.29) is 18.8 Å². The van der Waals surface area contributed by atoms with Crippen LogP contribution in [0.4, 0.5) is 0 Å². The lowest BCUT2D eigenvalue weighted by Gasteiger charge is -2.36. The van der Waals surface area contributed by atoms with E-state index in [0.29, 0.717) is 18.8 Å². The van der Waals surface area contributed by atoms with Crippen molar-refractivity contribution in [3.8, 4) is 0 Å². The third-order valence-electron chi connectivity index (χ3n) is 3.06. The van der Waals surface area contributed by atoms with Crippen molar-refractivity contribution in [2.45, 2.75) is 32.6 Å². The molecule has 108 valence electrons. The Balaban J connectivity index is 2.08. The fourth-order valence-corrected chi connectivity index (χ4v) is 3.70. The van der Waals surface area contributed by atoms with Gasteiger partial charge in [0.05, 0.1) is 25.0 Å². The Morgan fingerprint density at radius 3 is 2.53 bits per heavy atom. The first-order valence-electron chi connectivity index (χ1n) is 6.29. The molecule has 2 rings (SSSR count). The van der Waals surface area contributed by atoms with Crippen molar-refractivity contribution in [1.82, 2.24) is 8.61 Å². The van der Waals surface area contributed by atoms with Gasteiger partial charge in [0.2, 0.25) is 0 Å². The SMILES string of the molecule is CC1CN(S(=O)(=O)N(C)Cc2ccco2)CC(C)O1. The summed E-state index contributed by atoms with van der Waals surface area (Å²) in [5, 5.41) is 0. The van der Waals surface area contributed by atoms with Crippen LogP contribution >= 0.6 is 0 Å². The predicted octanol–water partition coefficient (Wildman–Crippen LogP) is 1.07. The Hall–Kier alpha value is -0.890. The van der Waals surface area contributed by atoms with Gasteiger partial charge >= 0.3 is 0 Å². The molecule has 1 aromatic heterocycles. The van der Waals surface area contributed by atoms with Gasteiger partial charge in [-0.15, -0.1) is 0 Å². The lowest BCUT2D eigenvalue weighted by atomic mass is 10.3. The molecule has 2 atom stereocenters.